The van der Waals surface area contributed by atoms with Crippen molar-refractivity contribution in [2.24, 2.45) is 7.05 Å². The molecule has 5 nitrogen and oxygen atoms in total. The molecular weight excluding hydrogens is 182 g/mol. The molecule has 1 aliphatic rings. The van der Waals surface area contributed by atoms with Crippen LogP contribution in [0.5, 0.6) is 0 Å². The number of hydrogen-bond donors (Lipinski definition) is 1. The van der Waals surface area contributed by atoms with Crippen LogP contribution >= 0.6 is 0 Å². The van der Waals surface area contributed by atoms with Crippen molar-refractivity contribution in [1.29, 1.82) is 0 Å². The summed E-state index contributed by atoms with van der Waals surface area (Å²) in [6, 6.07) is 1.77. The fourth-order valence-corrected chi connectivity index (χ4v) is 1.29. The predicted octanol–water partition coefficient (Wildman–Crippen LogP) is -0.232. The van der Waals surface area contributed by atoms with Gasteiger partial charge in [-0.15, -0.1) is 0 Å². The van der Waals surface area contributed by atoms with Crippen molar-refractivity contribution in [3.63, 3.8) is 0 Å². The molecule has 72 valence electrons. The maximum Gasteiger partial charge on any atom is 0.260 e. The summed E-state index contributed by atoms with van der Waals surface area (Å²) in [4.78, 5) is 22.1. The molecule has 0 bridgehead atoms. The summed E-state index contributed by atoms with van der Waals surface area (Å²) in [5, 5.41) is 6.29. The monoisotopic (exact) mass is 191 g/mol. The molecule has 0 atom stereocenters. The lowest BCUT2D eigenvalue weighted by Gasteiger charge is -1.92. The second-order valence-corrected chi connectivity index (χ2v) is 3.17. The Labute approximate surface area is 80.4 Å². The standard InChI is InChI=1S/C9H9N3O2/c1-5-3-7(11-12(5)2)6-4-8(13)10-9(6)14/h3-4H,1-2H3,(H,10,13,14). The van der Waals surface area contributed by atoms with Crippen molar-refractivity contribution >= 4 is 17.4 Å². The highest BCUT2D eigenvalue weighted by atomic mass is 16.2. The number of aromatic nitrogens is 2. The van der Waals surface area contributed by atoms with Gasteiger partial charge >= 0.3 is 0 Å². The largest absolute Gasteiger partial charge is 0.289 e. The van der Waals surface area contributed by atoms with Gasteiger partial charge in [0.2, 0.25) is 0 Å². The van der Waals surface area contributed by atoms with Crippen LogP contribution in [-0.4, -0.2) is 21.6 Å². The zero-order valence-corrected chi connectivity index (χ0v) is 7.87. The Morgan fingerprint density at radius 1 is 1.43 bits per heavy atom. The Balaban J connectivity index is 2.45. The minimum absolute atomic E-state index is 0.332. The van der Waals surface area contributed by atoms with Gasteiger partial charge in [-0.05, 0) is 13.0 Å². The topological polar surface area (TPSA) is 64.0 Å². The first-order valence-electron chi connectivity index (χ1n) is 4.16. The third-order valence-electron chi connectivity index (χ3n) is 2.15. The highest BCUT2D eigenvalue weighted by molar-refractivity contribution is 6.33. The minimum atomic E-state index is -0.381. The highest BCUT2D eigenvalue weighted by Gasteiger charge is 2.24. The van der Waals surface area contributed by atoms with E-state index in [0.29, 0.717) is 11.3 Å². The molecule has 1 N–H and O–H groups in total. The molecule has 5 heteroatoms. The van der Waals surface area contributed by atoms with Gasteiger partial charge in [-0.25, -0.2) is 0 Å². The van der Waals surface area contributed by atoms with Gasteiger partial charge in [-0.2, -0.15) is 5.10 Å². The van der Waals surface area contributed by atoms with Crippen molar-refractivity contribution in [3.05, 3.63) is 23.5 Å². The van der Waals surface area contributed by atoms with Gasteiger partial charge in [-0.3, -0.25) is 19.6 Å². The number of nitrogens with one attached hydrogen (secondary N) is 1. The van der Waals surface area contributed by atoms with Crippen molar-refractivity contribution in [1.82, 2.24) is 15.1 Å². The summed E-state index contributed by atoms with van der Waals surface area (Å²) < 4.78 is 1.66. The third kappa shape index (κ3) is 1.22. The smallest absolute Gasteiger partial charge is 0.260 e. The van der Waals surface area contributed by atoms with E-state index < -0.39 is 0 Å². The van der Waals surface area contributed by atoms with Crippen LogP contribution in [0.1, 0.15) is 11.4 Å². The molecular formula is C9H9N3O2. The molecule has 0 radical (unpaired) electrons. The summed E-state index contributed by atoms with van der Waals surface area (Å²) in [5.74, 6) is -0.763. The normalized spacial score (nSPS) is 15.7. The zero-order valence-electron chi connectivity index (χ0n) is 7.87. The van der Waals surface area contributed by atoms with Gasteiger partial charge in [0.1, 0.15) is 0 Å². The van der Waals surface area contributed by atoms with Gasteiger partial charge in [0.05, 0.1) is 11.3 Å². The lowest BCUT2D eigenvalue weighted by Crippen LogP contribution is -2.21. The van der Waals surface area contributed by atoms with Gasteiger partial charge in [0.25, 0.3) is 11.8 Å². The molecule has 2 rings (SSSR count). The van der Waals surface area contributed by atoms with Crippen LogP contribution in [0.2, 0.25) is 0 Å². The molecule has 0 spiro atoms. The van der Waals surface area contributed by atoms with E-state index in [0.717, 1.165) is 5.69 Å². The van der Waals surface area contributed by atoms with E-state index in [1.165, 1.54) is 6.08 Å². The van der Waals surface area contributed by atoms with Crippen molar-refractivity contribution in [2.75, 3.05) is 0 Å². The number of imide groups is 1. The molecule has 0 aromatic carbocycles. The van der Waals surface area contributed by atoms with Gasteiger partial charge in [-0.1, -0.05) is 0 Å². The van der Waals surface area contributed by atoms with Crippen LogP contribution in [0.25, 0.3) is 5.57 Å². The summed E-state index contributed by atoms with van der Waals surface area (Å²) in [6.45, 7) is 1.88. The molecule has 0 fully saturated rings. The fraction of sp³-hybridized carbons (Fsp3) is 0.222. The van der Waals surface area contributed by atoms with E-state index in [9.17, 15) is 9.59 Å². The van der Waals surface area contributed by atoms with E-state index in [-0.39, 0.29) is 11.8 Å². The molecule has 0 aliphatic carbocycles. The van der Waals surface area contributed by atoms with Gasteiger partial charge in [0.15, 0.2) is 0 Å². The zero-order chi connectivity index (χ0) is 10.3. The van der Waals surface area contributed by atoms with Crippen LogP contribution in [0, 0.1) is 6.92 Å². The minimum Gasteiger partial charge on any atom is -0.289 e. The Kier molecular flexibility index (Phi) is 1.73. The van der Waals surface area contributed by atoms with Gasteiger partial charge < -0.3 is 0 Å². The predicted molar refractivity (Wildman–Crippen MR) is 49.1 cm³/mol. The lowest BCUT2D eigenvalue weighted by molar-refractivity contribution is -0.123. The Bertz CT molecular complexity index is 437. The maximum atomic E-state index is 11.3. The average Bonchev–Trinajstić information content (AvgIpc) is 2.57. The quantitative estimate of drug-likeness (QED) is 0.623. The molecule has 1 aromatic rings. The number of aryl methyl sites for hydroxylation is 2. The average molecular weight is 191 g/mol. The summed E-state index contributed by atoms with van der Waals surface area (Å²) in [6.07, 6.45) is 1.27. The summed E-state index contributed by atoms with van der Waals surface area (Å²) >= 11 is 0. The van der Waals surface area contributed by atoms with Crippen LogP contribution in [0.3, 0.4) is 0 Å². The number of carbonyl (C=O) groups excluding carboxylic acids is 2. The number of rotatable bonds is 1. The molecule has 2 amide bonds. The van der Waals surface area contributed by atoms with Crippen LogP contribution in [-0.2, 0) is 16.6 Å². The van der Waals surface area contributed by atoms with Gasteiger partial charge in [0, 0.05) is 18.8 Å². The molecule has 2 heterocycles. The molecule has 1 aliphatic heterocycles. The van der Waals surface area contributed by atoms with Crippen molar-refractivity contribution < 1.29 is 9.59 Å². The third-order valence-corrected chi connectivity index (χ3v) is 2.15. The molecule has 0 unspecified atom stereocenters. The Morgan fingerprint density at radius 2 is 2.14 bits per heavy atom. The number of carbonyl (C=O) groups is 2. The van der Waals surface area contributed by atoms with Crippen LogP contribution < -0.4 is 5.32 Å². The molecule has 0 saturated carbocycles. The first-order valence-corrected chi connectivity index (χ1v) is 4.16. The maximum absolute atomic E-state index is 11.3. The Morgan fingerprint density at radius 3 is 2.57 bits per heavy atom. The van der Waals surface area contributed by atoms with E-state index in [4.69, 9.17) is 0 Å². The van der Waals surface area contributed by atoms with E-state index >= 15 is 0 Å². The summed E-state index contributed by atoms with van der Waals surface area (Å²) in [5.41, 5.74) is 1.81. The Hall–Kier alpha value is -1.91. The first kappa shape index (κ1) is 8.68. The fourth-order valence-electron chi connectivity index (χ4n) is 1.29. The van der Waals surface area contributed by atoms with Crippen LogP contribution in [0.15, 0.2) is 12.1 Å². The number of amides is 2. The highest BCUT2D eigenvalue weighted by Crippen LogP contribution is 2.17. The molecule has 14 heavy (non-hydrogen) atoms. The second kappa shape index (κ2) is 2.80. The molecule has 1 aromatic heterocycles. The van der Waals surface area contributed by atoms with Crippen LogP contribution in [0.4, 0.5) is 0 Å². The first-order chi connectivity index (χ1) is 6.58. The lowest BCUT2D eigenvalue weighted by atomic mass is 10.2. The number of hydrogen-bond acceptors (Lipinski definition) is 3. The van der Waals surface area contributed by atoms with Crippen molar-refractivity contribution in [3.8, 4) is 0 Å². The molecule has 0 saturated heterocycles. The van der Waals surface area contributed by atoms with E-state index in [2.05, 4.69) is 10.4 Å². The van der Waals surface area contributed by atoms with E-state index in [1.54, 1.807) is 17.8 Å². The van der Waals surface area contributed by atoms with E-state index in [1.807, 2.05) is 6.92 Å². The number of nitrogens with zero attached hydrogens (tertiary/aromatic N) is 2. The summed E-state index contributed by atoms with van der Waals surface area (Å²) in [7, 11) is 1.79. The SMILES string of the molecule is Cc1cc(C2=CC(=O)NC2=O)nn1C. The second-order valence-electron chi connectivity index (χ2n) is 3.17. The van der Waals surface area contributed by atoms with Crippen molar-refractivity contribution in [2.45, 2.75) is 6.92 Å².